The summed E-state index contributed by atoms with van der Waals surface area (Å²) in [5, 5.41) is 3.39. The van der Waals surface area contributed by atoms with E-state index in [0.717, 1.165) is 11.3 Å². The van der Waals surface area contributed by atoms with Crippen molar-refractivity contribution in [3.8, 4) is 5.69 Å². The van der Waals surface area contributed by atoms with Gasteiger partial charge in [0.15, 0.2) is 0 Å². The molecule has 0 aliphatic heterocycles. The summed E-state index contributed by atoms with van der Waals surface area (Å²) in [6.45, 7) is -0.0741. The van der Waals surface area contributed by atoms with Crippen molar-refractivity contribution >= 4 is 55.0 Å². The van der Waals surface area contributed by atoms with Crippen LogP contribution in [0.2, 0.25) is 5.15 Å². The number of thiophene rings is 1. The summed E-state index contributed by atoms with van der Waals surface area (Å²) >= 11 is 6.72. The highest BCUT2D eigenvalue weighted by molar-refractivity contribution is 7.92. The van der Waals surface area contributed by atoms with Crippen molar-refractivity contribution < 1.29 is 18.0 Å². The summed E-state index contributed by atoms with van der Waals surface area (Å²) in [6, 6.07) is 10.9. The van der Waals surface area contributed by atoms with Gasteiger partial charge in [-0.3, -0.25) is 23.9 Å². The van der Waals surface area contributed by atoms with E-state index in [1.54, 1.807) is 24.3 Å². The topological polar surface area (TPSA) is 140 Å². The fourth-order valence-corrected chi connectivity index (χ4v) is 5.53. The monoisotopic (exact) mass is 517 g/mol. The number of hydrogen-bond donors (Lipinski definition) is 2. The lowest BCUT2D eigenvalue weighted by Crippen LogP contribution is -2.34. The largest absolute Gasteiger partial charge is 0.352 e. The molecule has 0 bridgehead atoms. The zero-order valence-corrected chi connectivity index (χ0v) is 19.7. The van der Waals surface area contributed by atoms with E-state index in [1.165, 1.54) is 41.4 Å². The molecule has 3 heterocycles. The molecule has 13 heteroatoms. The second-order valence-corrected chi connectivity index (χ2v) is 10.3. The summed E-state index contributed by atoms with van der Waals surface area (Å²) in [5.74, 6) is -1.21. The molecule has 0 aliphatic rings. The molecule has 0 spiro atoms. The molecule has 3 aromatic heterocycles. The first-order valence-corrected chi connectivity index (χ1v) is 12.4. The number of nitrogens with zero attached hydrogens (tertiary/aromatic N) is 3. The first kappa shape index (κ1) is 23.5. The second-order valence-electron chi connectivity index (χ2n) is 6.96. The number of pyridine rings is 1. The van der Waals surface area contributed by atoms with Crippen LogP contribution in [0.15, 0.2) is 70.1 Å². The van der Waals surface area contributed by atoms with Gasteiger partial charge in [0.1, 0.15) is 14.2 Å². The van der Waals surface area contributed by atoms with Crippen LogP contribution in [0.5, 0.6) is 0 Å². The Morgan fingerprint density at radius 3 is 2.62 bits per heavy atom. The Hall–Kier alpha value is -3.61. The van der Waals surface area contributed by atoms with E-state index in [2.05, 4.69) is 15.3 Å². The highest BCUT2D eigenvalue weighted by atomic mass is 35.5. The van der Waals surface area contributed by atoms with Crippen LogP contribution in [0.25, 0.3) is 15.9 Å². The third kappa shape index (κ3) is 5.30. The van der Waals surface area contributed by atoms with E-state index in [-0.39, 0.29) is 27.9 Å². The minimum absolute atomic E-state index is 0.0666. The zero-order chi connectivity index (χ0) is 24.3. The van der Waals surface area contributed by atoms with E-state index in [1.807, 2.05) is 4.72 Å². The second kappa shape index (κ2) is 9.71. The first-order valence-electron chi connectivity index (χ1n) is 9.76. The summed E-state index contributed by atoms with van der Waals surface area (Å²) in [4.78, 5) is 44.5. The third-order valence-corrected chi connectivity index (χ3v) is 7.71. The van der Waals surface area contributed by atoms with Crippen molar-refractivity contribution in [1.82, 2.24) is 24.6 Å². The number of amides is 2. The molecule has 0 unspecified atom stereocenters. The van der Waals surface area contributed by atoms with E-state index in [0.29, 0.717) is 21.5 Å². The lowest BCUT2D eigenvalue weighted by atomic mass is 10.2. The van der Waals surface area contributed by atoms with Gasteiger partial charge in [0.05, 0.1) is 6.20 Å². The van der Waals surface area contributed by atoms with Crippen LogP contribution in [0.4, 0.5) is 0 Å². The van der Waals surface area contributed by atoms with Gasteiger partial charge in [-0.25, -0.2) is 18.1 Å². The van der Waals surface area contributed by atoms with Gasteiger partial charge in [0.25, 0.3) is 21.5 Å². The lowest BCUT2D eigenvalue weighted by molar-refractivity contribution is -0.119. The van der Waals surface area contributed by atoms with Crippen LogP contribution < -0.4 is 15.6 Å². The van der Waals surface area contributed by atoms with Crippen LogP contribution in [0.3, 0.4) is 0 Å². The van der Waals surface area contributed by atoms with Crippen molar-refractivity contribution in [3.63, 3.8) is 0 Å². The standard InChI is InChI=1S/C21H16ClN5O5S2/c22-16-6-3-14-11-19(33-21(14)25-16)34(31,32)26-17(28)7-8-24-20(30)13-1-4-15(5-2-13)27-10-9-23-12-18(27)29/h1-6,9-12H,7-8H2,(H,24,30)(H,26,28). The average Bonchev–Trinajstić information content (AvgIpc) is 3.23. The number of benzene rings is 1. The lowest BCUT2D eigenvalue weighted by Gasteiger charge is -2.08. The molecule has 0 atom stereocenters. The number of carbonyl (C=O) groups excluding carboxylic acids is 2. The maximum atomic E-state index is 12.5. The Bertz CT molecular complexity index is 1550. The molecule has 10 nitrogen and oxygen atoms in total. The Morgan fingerprint density at radius 2 is 1.88 bits per heavy atom. The van der Waals surface area contributed by atoms with Gasteiger partial charge in [-0.15, -0.1) is 11.3 Å². The molecule has 2 amide bonds. The molecule has 4 aromatic rings. The minimum Gasteiger partial charge on any atom is -0.352 e. The van der Waals surface area contributed by atoms with Crippen molar-refractivity contribution in [1.29, 1.82) is 0 Å². The Kier molecular flexibility index (Phi) is 6.72. The normalized spacial score (nSPS) is 11.3. The predicted octanol–water partition coefficient (Wildman–Crippen LogP) is 2.12. The van der Waals surface area contributed by atoms with Crippen LogP contribution >= 0.6 is 22.9 Å². The average molecular weight is 518 g/mol. The fourth-order valence-electron chi connectivity index (χ4n) is 2.98. The molecule has 0 saturated heterocycles. The van der Waals surface area contributed by atoms with Crippen LogP contribution in [0, 0.1) is 0 Å². The van der Waals surface area contributed by atoms with Gasteiger partial charge in [0, 0.05) is 42.0 Å². The summed E-state index contributed by atoms with van der Waals surface area (Å²) in [5.41, 5.74) is 0.568. The van der Waals surface area contributed by atoms with E-state index >= 15 is 0 Å². The van der Waals surface area contributed by atoms with E-state index < -0.39 is 21.8 Å². The molecule has 34 heavy (non-hydrogen) atoms. The van der Waals surface area contributed by atoms with E-state index in [4.69, 9.17) is 11.6 Å². The quantitative estimate of drug-likeness (QED) is 0.358. The van der Waals surface area contributed by atoms with Crippen LogP contribution in [-0.2, 0) is 14.8 Å². The van der Waals surface area contributed by atoms with Crippen LogP contribution in [-0.4, -0.2) is 41.3 Å². The van der Waals surface area contributed by atoms with Crippen molar-refractivity contribution in [2.45, 2.75) is 10.6 Å². The van der Waals surface area contributed by atoms with E-state index in [9.17, 15) is 22.8 Å². The Morgan fingerprint density at radius 1 is 1.12 bits per heavy atom. The number of hydrogen-bond acceptors (Lipinski definition) is 8. The number of aromatic nitrogens is 3. The predicted molar refractivity (Wildman–Crippen MR) is 127 cm³/mol. The first-order chi connectivity index (χ1) is 16.2. The smallest absolute Gasteiger partial charge is 0.273 e. The highest BCUT2D eigenvalue weighted by Gasteiger charge is 2.21. The number of nitrogens with one attached hydrogen (secondary N) is 2. The Labute approximate surface area is 202 Å². The molecule has 0 radical (unpaired) electrons. The molecule has 1 aromatic carbocycles. The molecule has 2 N–H and O–H groups in total. The van der Waals surface area contributed by atoms with Crippen molar-refractivity contribution in [3.05, 3.63) is 82.1 Å². The van der Waals surface area contributed by atoms with Gasteiger partial charge in [0.2, 0.25) is 5.91 Å². The minimum atomic E-state index is -4.08. The zero-order valence-electron chi connectivity index (χ0n) is 17.3. The number of rotatable bonds is 7. The summed E-state index contributed by atoms with van der Waals surface area (Å²) in [7, 11) is -4.08. The van der Waals surface area contributed by atoms with Gasteiger partial charge in [-0.05, 0) is 42.5 Å². The summed E-state index contributed by atoms with van der Waals surface area (Å²) in [6.07, 6.45) is 3.92. The molecular weight excluding hydrogens is 502 g/mol. The highest BCUT2D eigenvalue weighted by Crippen LogP contribution is 2.28. The molecule has 0 aliphatic carbocycles. The molecule has 174 valence electrons. The van der Waals surface area contributed by atoms with Gasteiger partial charge < -0.3 is 5.32 Å². The van der Waals surface area contributed by atoms with Crippen molar-refractivity contribution in [2.75, 3.05) is 6.54 Å². The number of sulfonamides is 1. The number of halogens is 1. The molecular formula is C21H16ClN5O5S2. The molecule has 0 fully saturated rings. The maximum absolute atomic E-state index is 12.5. The van der Waals surface area contributed by atoms with Gasteiger partial charge in [-0.2, -0.15) is 0 Å². The van der Waals surface area contributed by atoms with Gasteiger partial charge >= 0.3 is 0 Å². The summed E-state index contributed by atoms with van der Waals surface area (Å²) < 4.78 is 28.3. The number of carbonyl (C=O) groups is 2. The van der Waals surface area contributed by atoms with Gasteiger partial charge in [-0.1, -0.05) is 11.6 Å². The fraction of sp³-hybridized carbons (Fsp3) is 0.0952. The SMILES string of the molecule is O=C(CCNC(=O)c1ccc(-n2ccncc2=O)cc1)NS(=O)(=O)c1cc2ccc(Cl)nc2s1. The maximum Gasteiger partial charge on any atom is 0.273 e. The molecule has 0 saturated carbocycles. The van der Waals surface area contributed by atoms with Crippen molar-refractivity contribution in [2.24, 2.45) is 0 Å². The molecule has 4 rings (SSSR count). The number of fused-ring (bicyclic) bond motifs is 1. The Balaban J connectivity index is 1.32. The third-order valence-electron chi connectivity index (χ3n) is 4.61. The van der Waals surface area contributed by atoms with Crippen LogP contribution in [0.1, 0.15) is 16.8 Å².